The first-order valence-corrected chi connectivity index (χ1v) is 2.89. The topological polar surface area (TPSA) is 48.1 Å². The number of rotatable bonds is 1. The van der Waals surface area contributed by atoms with Crippen LogP contribution in [0, 0.1) is 0 Å². The summed E-state index contributed by atoms with van der Waals surface area (Å²) in [6.45, 7) is -5.47. The predicted octanol–water partition coefficient (Wildman–Crippen LogP) is 0.778. The zero-order valence-electron chi connectivity index (χ0n) is 13.4. The van der Waals surface area contributed by atoms with Crippen LogP contribution in [-0.2, 0) is 4.74 Å². The maximum Gasteiger partial charge on any atom is 0.123 e. The molecule has 58 valence electrons. The number of nitrogen functional groups attached to an aromatic ring is 1. The van der Waals surface area contributed by atoms with Crippen LogP contribution in [0.4, 0.5) is 5.82 Å². The van der Waals surface area contributed by atoms with Crippen molar-refractivity contribution >= 4 is 5.82 Å². The fourth-order valence-corrected chi connectivity index (χ4v) is 0.660. The molecular weight excluding hydrogens is 140 g/mol. The molecule has 3 nitrogen and oxygen atoms in total. The van der Waals surface area contributed by atoms with Gasteiger partial charge in [0, 0.05) is 13.4 Å². The third-order valence-corrected chi connectivity index (χ3v) is 1.17. The van der Waals surface area contributed by atoms with Crippen LogP contribution in [0.5, 0.6) is 0 Å². The molecule has 1 aliphatic rings. The van der Waals surface area contributed by atoms with Crippen LogP contribution in [0.25, 0.3) is 0 Å². The van der Waals surface area contributed by atoms with Crippen molar-refractivity contribution in [3.8, 4) is 0 Å². The fourth-order valence-electron chi connectivity index (χ4n) is 0.660. The maximum absolute atomic E-state index is 8.00. The van der Waals surface area contributed by atoms with Crippen molar-refractivity contribution in [2.75, 3.05) is 18.9 Å². The van der Waals surface area contributed by atoms with Gasteiger partial charge < -0.3 is 10.5 Å². The molecule has 1 fully saturated rings. The normalized spacial score (nSPS) is 40.4. The summed E-state index contributed by atoms with van der Waals surface area (Å²) >= 11 is 0. The van der Waals surface area contributed by atoms with Crippen molar-refractivity contribution < 1.29 is 15.7 Å². The summed E-state index contributed by atoms with van der Waals surface area (Å²) < 4.78 is 65.0. The zero-order chi connectivity index (χ0) is 14.8. The Morgan fingerprint density at radius 1 is 1.91 bits per heavy atom. The number of hydrogen-bond donors (Lipinski definition) is 1. The van der Waals surface area contributed by atoms with Crippen LogP contribution in [0.2, 0.25) is 0 Å². The average Bonchev–Trinajstić information content (AvgIpc) is 2.24. The van der Waals surface area contributed by atoms with Gasteiger partial charge in [-0.25, -0.2) is 4.98 Å². The molecule has 3 heteroatoms. The van der Waals surface area contributed by atoms with E-state index in [0.29, 0.717) is 0 Å². The van der Waals surface area contributed by atoms with Gasteiger partial charge in [0.25, 0.3) is 0 Å². The molecule has 0 unspecified atom stereocenters. The Morgan fingerprint density at radius 2 is 2.73 bits per heavy atom. The van der Waals surface area contributed by atoms with E-state index in [9.17, 15) is 0 Å². The molecule has 0 amide bonds. The molecule has 2 N–H and O–H groups in total. The highest BCUT2D eigenvalue weighted by Crippen LogP contribution is 2.23. The van der Waals surface area contributed by atoms with Gasteiger partial charge in [-0.1, -0.05) is 0 Å². The van der Waals surface area contributed by atoms with E-state index in [1.165, 1.54) is 0 Å². The molecule has 1 saturated heterocycles. The number of pyridine rings is 1. The molecule has 0 spiro atoms. The van der Waals surface area contributed by atoms with E-state index < -0.39 is 48.7 Å². The molecular formula is C8H10N2O. The van der Waals surface area contributed by atoms with Crippen molar-refractivity contribution in [3.05, 3.63) is 23.8 Å². The van der Waals surface area contributed by atoms with Gasteiger partial charge in [0.1, 0.15) is 5.82 Å². The molecule has 0 aromatic carbocycles. The van der Waals surface area contributed by atoms with Crippen LogP contribution in [-0.4, -0.2) is 18.1 Å². The Labute approximate surface area is 76.4 Å². The van der Waals surface area contributed by atoms with E-state index in [2.05, 4.69) is 9.72 Å². The molecule has 11 heavy (non-hydrogen) atoms. The van der Waals surface area contributed by atoms with E-state index >= 15 is 0 Å². The van der Waals surface area contributed by atoms with Crippen LogP contribution in [0.15, 0.2) is 18.3 Å². The SMILES string of the molecule is [2H]c1nc(N)c([2H])c(C2([2H])C([2H])([2H])OC2([2H])[2H])c1[2H]. The third kappa shape index (κ3) is 1.19. The molecule has 0 radical (unpaired) electrons. The lowest BCUT2D eigenvalue weighted by atomic mass is 9.99. The van der Waals surface area contributed by atoms with Gasteiger partial charge >= 0.3 is 0 Å². The lowest BCUT2D eigenvalue weighted by Crippen LogP contribution is -2.25. The minimum Gasteiger partial charge on any atom is -0.384 e. The van der Waals surface area contributed by atoms with E-state index in [1.54, 1.807) is 0 Å². The van der Waals surface area contributed by atoms with Crippen molar-refractivity contribution in [1.82, 2.24) is 4.98 Å². The summed E-state index contributed by atoms with van der Waals surface area (Å²) in [6.07, 6.45) is -0.645. The second-order valence-corrected chi connectivity index (χ2v) is 1.92. The van der Waals surface area contributed by atoms with Gasteiger partial charge in [0.05, 0.1) is 22.7 Å². The lowest BCUT2D eigenvalue weighted by Gasteiger charge is -2.26. The summed E-state index contributed by atoms with van der Waals surface area (Å²) in [5.41, 5.74) is 4.74. The first-order chi connectivity index (χ1) is 8.46. The Morgan fingerprint density at radius 3 is 3.45 bits per heavy atom. The highest BCUT2D eigenvalue weighted by atomic mass is 16.5. The number of nitrogens with zero attached hydrogens (tertiary/aromatic N) is 1. The third-order valence-electron chi connectivity index (χ3n) is 1.17. The Kier molecular flexibility index (Phi) is 0.502. The van der Waals surface area contributed by atoms with Gasteiger partial charge in [-0.15, -0.1) is 0 Å². The molecule has 1 aromatic rings. The first-order valence-electron chi connectivity index (χ1n) is 6.89. The molecule has 0 bridgehead atoms. The van der Waals surface area contributed by atoms with Gasteiger partial charge in [-0.2, -0.15) is 0 Å². The summed E-state index contributed by atoms with van der Waals surface area (Å²) in [5, 5.41) is 0. The smallest absolute Gasteiger partial charge is 0.123 e. The number of ether oxygens (including phenoxy) is 1. The molecule has 0 aliphatic carbocycles. The molecule has 1 aromatic heterocycles. The number of nitrogens with two attached hydrogens (primary N) is 1. The van der Waals surface area contributed by atoms with Crippen LogP contribution in [0.1, 0.15) is 22.4 Å². The highest BCUT2D eigenvalue weighted by Gasteiger charge is 2.20. The van der Waals surface area contributed by atoms with Gasteiger partial charge in [0.15, 0.2) is 0 Å². The summed E-state index contributed by atoms with van der Waals surface area (Å²) in [5.74, 6) is -3.11. The number of aromatic nitrogens is 1. The van der Waals surface area contributed by atoms with Gasteiger partial charge in [-0.05, 0) is 17.6 Å². The van der Waals surface area contributed by atoms with Gasteiger partial charge in [-0.3, -0.25) is 0 Å². The molecule has 2 rings (SSSR count). The standard InChI is InChI=1S/C8H10N2O/c9-8-3-6(1-2-10-8)7-4-11-5-7/h1-3,7H,4-5H2,(H2,9,10)/i1D,2D,3D,4D2,5D2,7D. The Bertz CT molecular complexity index is 520. The zero-order valence-corrected chi connectivity index (χ0v) is 5.43. The fraction of sp³-hybridized carbons (Fsp3) is 0.375. The summed E-state index contributed by atoms with van der Waals surface area (Å²) in [6, 6.07) is -1.34. The van der Waals surface area contributed by atoms with Crippen molar-refractivity contribution in [1.29, 1.82) is 0 Å². The van der Waals surface area contributed by atoms with Crippen molar-refractivity contribution in [3.63, 3.8) is 0 Å². The Balaban J connectivity index is 2.78. The van der Waals surface area contributed by atoms with Crippen LogP contribution in [0.3, 0.4) is 0 Å². The Hall–Kier alpha value is -1.09. The predicted molar refractivity (Wildman–Crippen MR) is 42.2 cm³/mol. The quantitative estimate of drug-likeness (QED) is 0.657. The first kappa shape index (κ1) is 2.20. The highest BCUT2D eigenvalue weighted by molar-refractivity contribution is 5.34. The minimum absolute atomic E-state index is 0.457. The lowest BCUT2D eigenvalue weighted by molar-refractivity contribution is 0.00842. The van der Waals surface area contributed by atoms with E-state index in [-0.39, 0.29) is 0 Å². The number of hydrogen-bond acceptors (Lipinski definition) is 3. The molecule has 0 saturated carbocycles. The van der Waals surface area contributed by atoms with E-state index in [0.717, 1.165) is 0 Å². The molecule has 0 atom stereocenters. The monoisotopic (exact) mass is 158 g/mol. The number of anilines is 1. The minimum atomic E-state index is -2.73. The van der Waals surface area contributed by atoms with Crippen LogP contribution >= 0.6 is 0 Å². The second-order valence-electron chi connectivity index (χ2n) is 1.92. The van der Waals surface area contributed by atoms with Crippen molar-refractivity contribution in [2.45, 2.75) is 5.89 Å². The summed E-state index contributed by atoms with van der Waals surface area (Å²) in [7, 11) is 0. The largest absolute Gasteiger partial charge is 0.384 e. The van der Waals surface area contributed by atoms with E-state index in [1.807, 2.05) is 0 Å². The molecule has 1 aliphatic heterocycles. The molecule has 2 heterocycles. The van der Waals surface area contributed by atoms with E-state index in [4.69, 9.17) is 16.7 Å². The van der Waals surface area contributed by atoms with Crippen molar-refractivity contribution in [2.24, 2.45) is 0 Å². The van der Waals surface area contributed by atoms with Crippen LogP contribution < -0.4 is 5.73 Å². The second kappa shape index (κ2) is 2.51. The average molecular weight is 158 g/mol. The van der Waals surface area contributed by atoms with Gasteiger partial charge in [0.2, 0.25) is 0 Å². The maximum atomic E-state index is 8.00. The summed E-state index contributed by atoms with van der Waals surface area (Å²) in [4.78, 5) is 3.40.